The lowest BCUT2D eigenvalue weighted by atomic mass is 10.3. The molecule has 0 atom stereocenters. The third-order valence-electron chi connectivity index (χ3n) is 1.84. The molecule has 0 unspecified atom stereocenters. The van der Waals surface area contributed by atoms with Crippen LogP contribution in [0.1, 0.15) is 0 Å². The van der Waals surface area contributed by atoms with Gasteiger partial charge in [0.05, 0.1) is 7.11 Å². The fraction of sp³-hybridized carbons (Fsp3) is 0.100. The summed E-state index contributed by atoms with van der Waals surface area (Å²) in [6.07, 6.45) is 3.63. The van der Waals surface area contributed by atoms with Crippen LogP contribution in [0.3, 0.4) is 0 Å². The van der Waals surface area contributed by atoms with Crippen molar-refractivity contribution < 1.29 is 4.74 Å². The maximum Gasteiger partial charge on any atom is 0.144 e. The third-order valence-corrected chi connectivity index (χ3v) is 1.84. The van der Waals surface area contributed by atoms with Crippen molar-refractivity contribution in [3.63, 3.8) is 0 Å². The number of rotatable bonds is 2. The second-order valence-corrected chi connectivity index (χ2v) is 2.62. The molecular formula is C10H10N2O. The number of hydrogen-bond acceptors (Lipinski definition) is 2. The number of hydrogen-bond donors (Lipinski definition) is 0. The molecule has 1 aromatic heterocycles. The van der Waals surface area contributed by atoms with E-state index >= 15 is 0 Å². The molecule has 66 valence electrons. The highest BCUT2D eigenvalue weighted by Crippen LogP contribution is 2.20. The minimum absolute atomic E-state index is 0.825. The monoisotopic (exact) mass is 174 g/mol. The van der Waals surface area contributed by atoms with Crippen LogP contribution in [-0.4, -0.2) is 16.9 Å². The number of ether oxygens (including phenoxy) is 1. The molecule has 0 saturated heterocycles. The van der Waals surface area contributed by atoms with Gasteiger partial charge in [0, 0.05) is 12.4 Å². The van der Waals surface area contributed by atoms with Crippen LogP contribution in [-0.2, 0) is 0 Å². The Bertz CT molecular complexity index is 382. The van der Waals surface area contributed by atoms with Gasteiger partial charge in [-0.1, -0.05) is 12.1 Å². The van der Waals surface area contributed by atoms with Gasteiger partial charge in [0.1, 0.15) is 11.4 Å². The van der Waals surface area contributed by atoms with E-state index in [1.54, 1.807) is 18.0 Å². The molecule has 0 N–H and O–H groups in total. The van der Waals surface area contributed by atoms with Crippen LogP contribution in [0.15, 0.2) is 42.7 Å². The Hall–Kier alpha value is -1.77. The van der Waals surface area contributed by atoms with Gasteiger partial charge in [0.2, 0.25) is 0 Å². The van der Waals surface area contributed by atoms with E-state index in [0.717, 1.165) is 11.4 Å². The highest BCUT2D eigenvalue weighted by molar-refractivity contribution is 5.45. The third kappa shape index (κ3) is 1.40. The van der Waals surface area contributed by atoms with Crippen molar-refractivity contribution in [2.24, 2.45) is 0 Å². The first-order chi connectivity index (χ1) is 6.42. The summed E-state index contributed by atoms with van der Waals surface area (Å²) in [5.74, 6) is 0.825. The zero-order chi connectivity index (χ0) is 9.10. The summed E-state index contributed by atoms with van der Waals surface area (Å²) in [6.45, 7) is 0. The normalized spacial score (nSPS) is 9.92. The molecule has 0 fully saturated rings. The molecule has 0 aliphatic rings. The van der Waals surface area contributed by atoms with Gasteiger partial charge in [-0.05, 0) is 18.2 Å². The molecule has 13 heavy (non-hydrogen) atoms. The first kappa shape index (κ1) is 7.86. The van der Waals surface area contributed by atoms with E-state index in [1.165, 1.54) is 0 Å². The molecule has 0 saturated carbocycles. The molecule has 2 aromatic rings. The summed E-state index contributed by atoms with van der Waals surface area (Å²) in [6, 6.07) is 9.65. The van der Waals surface area contributed by atoms with Gasteiger partial charge < -0.3 is 4.74 Å². The maximum absolute atomic E-state index is 5.21. The van der Waals surface area contributed by atoms with Gasteiger partial charge >= 0.3 is 0 Å². The van der Waals surface area contributed by atoms with Gasteiger partial charge in [-0.25, -0.2) is 4.68 Å². The Morgan fingerprint density at radius 2 is 2.08 bits per heavy atom. The van der Waals surface area contributed by atoms with Crippen LogP contribution >= 0.6 is 0 Å². The van der Waals surface area contributed by atoms with Gasteiger partial charge in [-0.3, -0.25) is 0 Å². The van der Waals surface area contributed by atoms with Crippen molar-refractivity contribution in [1.29, 1.82) is 0 Å². The van der Waals surface area contributed by atoms with Crippen LogP contribution in [0.4, 0.5) is 0 Å². The Kier molecular flexibility index (Phi) is 2.00. The van der Waals surface area contributed by atoms with Gasteiger partial charge in [-0.15, -0.1) is 0 Å². The summed E-state index contributed by atoms with van der Waals surface area (Å²) in [7, 11) is 1.66. The van der Waals surface area contributed by atoms with Crippen LogP contribution in [0, 0.1) is 0 Å². The molecule has 0 amide bonds. The number of aromatic nitrogens is 2. The highest BCUT2D eigenvalue weighted by atomic mass is 16.5. The van der Waals surface area contributed by atoms with Gasteiger partial charge in [-0.2, -0.15) is 5.10 Å². The van der Waals surface area contributed by atoms with Crippen LogP contribution in [0.5, 0.6) is 5.75 Å². The molecule has 3 heteroatoms. The number of benzene rings is 1. The lowest BCUT2D eigenvalue weighted by Gasteiger charge is -2.06. The fourth-order valence-corrected chi connectivity index (χ4v) is 1.23. The summed E-state index contributed by atoms with van der Waals surface area (Å²) in [5, 5.41) is 4.13. The molecule has 1 heterocycles. The summed E-state index contributed by atoms with van der Waals surface area (Å²) in [5.41, 5.74) is 0.954. The van der Waals surface area contributed by atoms with E-state index in [2.05, 4.69) is 5.10 Å². The molecule has 2 rings (SSSR count). The van der Waals surface area contributed by atoms with Gasteiger partial charge in [0.15, 0.2) is 0 Å². The summed E-state index contributed by atoms with van der Waals surface area (Å²) < 4.78 is 6.98. The standard InChI is InChI=1S/C10H10N2O/c1-13-10-6-3-2-5-9(10)12-8-4-7-11-12/h2-8H,1H3. The number of para-hydroxylation sites is 2. The minimum atomic E-state index is 0.825. The zero-order valence-corrected chi connectivity index (χ0v) is 7.34. The second kappa shape index (κ2) is 3.31. The minimum Gasteiger partial charge on any atom is -0.494 e. The first-order valence-corrected chi connectivity index (χ1v) is 4.05. The van der Waals surface area contributed by atoms with Crippen molar-refractivity contribution in [2.45, 2.75) is 0 Å². The van der Waals surface area contributed by atoms with E-state index in [-0.39, 0.29) is 0 Å². The average molecular weight is 174 g/mol. The number of methoxy groups -OCH3 is 1. The largest absolute Gasteiger partial charge is 0.494 e. The Morgan fingerprint density at radius 3 is 2.77 bits per heavy atom. The van der Waals surface area contributed by atoms with E-state index in [9.17, 15) is 0 Å². The van der Waals surface area contributed by atoms with Crippen molar-refractivity contribution in [2.75, 3.05) is 7.11 Å². The predicted octanol–water partition coefficient (Wildman–Crippen LogP) is 1.88. The molecule has 0 radical (unpaired) electrons. The molecule has 0 aliphatic carbocycles. The molecular weight excluding hydrogens is 164 g/mol. The van der Waals surface area contributed by atoms with Crippen molar-refractivity contribution in [1.82, 2.24) is 9.78 Å². The molecule has 0 bridgehead atoms. The molecule has 0 aliphatic heterocycles. The van der Waals surface area contributed by atoms with Crippen molar-refractivity contribution in [3.8, 4) is 11.4 Å². The van der Waals surface area contributed by atoms with Crippen molar-refractivity contribution in [3.05, 3.63) is 42.7 Å². The Balaban J connectivity index is 2.51. The topological polar surface area (TPSA) is 27.1 Å². The van der Waals surface area contributed by atoms with Gasteiger partial charge in [0.25, 0.3) is 0 Å². The highest BCUT2D eigenvalue weighted by Gasteiger charge is 2.02. The lowest BCUT2D eigenvalue weighted by molar-refractivity contribution is 0.411. The van der Waals surface area contributed by atoms with Crippen molar-refractivity contribution >= 4 is 0 Å². The van der Waals surface area contributed by atoms with Crippen LogP contribution in [0.25, 0.3) is 5.69 Å². The van der Waals surface area contributed by atoms with E-state index in [4.69, 9.17) is 4.74 Å². The molecule has 3 nitrogen and oxygen atoms in total. The fourth-order valence-electron chi connectivity index (χ4n) is 1.23. The SMILES string of the molecule is COc1ccccc1-n1cccn1. The van der Waals surface area contributed by atoms with Crippen LogP contribution < -0.4 is 4.74 Å². The van der Waals surface area contributed by atoms with E-state index in [0.29, 0.717) is 0 Å². The Labute approximate surface area is 76.6 Å². The summed E-state index contributed by atoms with van der Waals surface area (Å²) >= 11 is 0. The Morgan fingerprint density at radius 1 is 1.23 bits per heavy atom. The quantitative estimate of drug-likeness (QED) is 0.695. The molecule has 1 aromatic carbocycles. The predicted molar refractivity (Wildman–Crippen MR) is 50.1 cm³/mol. The van der Waals surface area contributed by atoms with E-state index < -0.39 is 0 Å². The van der Waals surface area contributed by atoms with Crippen LogP contribution in [0.2, 0.25) is 0 Å². The number of nitrogens with zero attached hydrogens (tertiary/aromatic N) is 2. The zero-order valence-electron chi connectivity index (χ0n) is 7.34. The average Bonchev–Trinajstić information content (AvgIpc) is 2.70. The summed E-state index contributed by atoms with van der Waals surface area (Å²) in [4.78, 5) is 0. The lowest BCUT2D eigenvalue weighted by Crippen LogP contribution is -1.97. The second-order valence-electron chi connectivity index (χ2n) is 2.62. The smallest absolute Gasteiger partial charge is 0.144 e. The van der Waals surface area contributed by atoms with E-state index in [1.807, 2.05) is 36.5 Å². The molecule has 0 spiro atoms. The first-order valence-electron chi connectivity index (χ1n) is 4.05. The maximum atomic E-state index is 5.21.